The van der Waals surface area contributed by atoms with Crippen molar-refractivity contribution >= 4 is 11.8 Å². The number of carbonyl (C=O) groups is 2. The van der Waals surface area contributed by atoms with Gasteiger partial charge >= 0.3 is 5.97 Å². The molecule has 9 heteroatoms. The Labute approximate surface area is 250 Å². The monoisotopic (exact) mass is 592 g/mol. The van der Waals surface area contributed by atoms with Crippen LogP contribution in [-0.4, -0.2) is 87.2 Å². The van der Waals surface area contributed by atoms with E-state index in [0.717, 1.165) is 38.5 Å². The molecule has 2 heterocycles. The standard InChI is InChI=1S/C33H52O9/c1-7-20-9-8-10-27(34)17(2)29(36)26-15-24-22(25(26)16-28(35)41-20)12-11-19-13-21(14-23(19)24)42-33-32(39-6)31(38-5)30(37-4)18(3)40-33/h11-12,17-27,30-34H,7-10,13-16H2,1-6H3. The summed E-state index contributed by atoms with van der Waals surface area (Å²) in [6.45, 7) is 5.86. The highest BCUT2D eigenvalue weighted by molar-refractivity contribution is 5.85. The second-order valence-corrected chi connectivity index (χ2v) is 13.4. The number of allylic oxidation sites excluding steroid dienone is 2. The number of esters is 1. The number of aliphatic hydroxyl groups is 1. The second-order valence-electron chi connectivity index (χ2n) is 13.4. The highest BCUT2D eigenvalue weighted by Crippen LogP contribution is 2.57. The first kappa shape index (κ1) is 32.0. The summed E-state index contributed by atoms with van der Waals surface area (Å²) in [6, 6.07) is 0. The van der Waals surface area contributed by atoms with Crippen LogP contribution in [-0.2, 0) is 38.0 Å². The second kappa shape index (κ2) is 13.7. The summed E-state index contributed by atoms with van der Waals surface area (Å²) in [5.41, 5.74) is 0. The fourth-order valence-corrected chi connectivity index (χ4v) is 8.93. The molecule has 5 rings (SSSR count). The third kappa shape index (κ3) is 6.24. The molecule has 0 aromatic heterocycles. The zero-order valence-electron chi connectivity index (χ0n) is 26.2. The Morgan fingerprint density at radius 2 is 1.64 bits per heavy atom. The molecule has 2 aliphatic heterocycles. The SMILES string of the molecule is CCC1CCCC(O)C(C)C(=O)C2CC3C(C=CC4CC(OC5OC(C)C(OC)C(OC)C5OC)CC43)C2CC(=O)O1. The number of methoxy groups -OCH3 is 3. The van der Waals surface area contributed by atoms with Crippen molar-refractivity contribution < 1.29 is 43.1 Å². The summed E-state index contributed by atoms with van der Waals surface area (Å²) < 4.78 is 36.0. The predicted molar refractivity (Wildman–Crippen MR) is 154 cm³/mol. The number of hydrogen-bond acceptors (Lipinski definition) is 9. The fourth-order valence-electron chi connectivity index (χ4n) is 8.93. The van der Waals surface area contributed by atoms with Crippen LogP contribution in [0.3, 0.4) is 0 Å². The Morgan fingerprint density at radius 3 is 2.33 bits per heavy atom. The summed E-state index contributed by atoms with van der Waals surface area (Å²) in [6.07, 6.45) is 7.45. The zero-order chi connectivity index (χ0) is 30.1. The number of rotatable bonds is 6. The van der Waals surface area contributed by atoms with Crippen LogP contribution in [0.1, 0.15) is 72.1 Å². The molecule has 3 aliphatic carbocycles. The first-order valence-corrected chi connectivity index (χ1v) is 16.2. The van der Waals surface area contributed by atoms with Crippen LogP contribution in [0, 0.1) is 41.4 Å². The van der Waals surface area contributed by atoms with Gasteiger partial charge in [-0.05, 0) is 81.5 Å². The summed E-state index contributed by atoms with van der Waals surface area (Å²) in [5.74, 6) is 0.229. The smallest absolute Gasteiger partial charge is 0.306 e. The minimum atomic E-state index is -0.666. The molecular formula is C33H52O9. The van der Waals surface area contributed by atoms with Gasteiger partial charge in [0.15, 0.2) is 6.29 Å². The van der Waals surface area contributed by atoms with E-state index in [1.165, 1.54) is 0 Å². The lowest BCUT2D eigenvalue weighted by Crippen LogP contribution is -2.59. The van der Waals surface area contributed by atoms with Gasteiger partial charge in [0.25, 0.3) is 0 Å². The zero-order valence-corrected chi connectivity index (χ0v) is 26.2. The van der Waals surface area contributed by atoms with Crippen LogP contribution in [0.4, 0.5) is 0 Å². The maximum absolute atomic E-state index is 13.8. The number of cyclic esters (lactones) is 1. The molecule has 15 atom stereocenters. The Bertz CT molecular complexity index is 969. The van der Waals surface area contributed by atoms with Gasteiger partial charge in [0.2, 0.25) is 0 Å². The van der Waals surface area contributed by atoms with Gasteiger partial charge in [0.05, 0.1) is 18.3 Å². The van der Waals surface area contributed by atoms with Crippen LogP contribution < -0.4 is 0 Å². The van der Waals surface area contributed by atoms with E-state index < -0.39 is 24.4 Å². The van der Waals surface area contributed by atoms with E-state index in [9.17, 15) is 14.7 Å². The van der Waals surface area contributed by atoms with Gasteiger partial charge in [-0.1, -0.05) is 26.0 Å². The van der Waals surface area contributed by atoms with E-state index in [4.69, 9.17) is 28.4 Å². The van der Waals surface area contributed by atoms with Crippen LogP contribution >= 0.6 is 0 Å². The molecule has 2 saturated heterocycles. The highest BCUT2D eigenvalue weighted by atomic mass is 16.7. The van der Waals surface area contributed by atoms with E-state index in [0.29, 0.717) is 18.3 Å². The quantitative estimate of drug-likeness (QED) is 0.360. The van der Waals surface area contributed by atoms with Crippen LogP contribution in [0.25, 0.3) is 0 Å². The van der Waals surface area contributed by atoms with Gasteiger partial charge in [-0.3, -0.25) is 9.59 Å². The number of ether oxygens (including phenoxy) is 6. The number of carbonyl (C=O) groups excluding carboxylic acids is 2. The molecule has 0 bridgehead atoms. The van der Waals surface area contributed by atoms with Crippen molar-refractivity contribution in [1.29, 1.82) is 0 Å². The molecule has 0 aromatic carbocycles. The molecule has 0 aromatic rings. The van der Waals surface area contributed by atoms with Crippen molar-refractivity contribution in [2.45, 2.75) is 121 Å². The van der Waals surface area contributed by atoms with Crippen molar-refractivity contribution in [1.82, 2.24) is 0 Å². The molecule has 1 N–H and O–H groups in total. The highest BCUT2D eigenvalue weighted by Gasteiger charge is 2.55. The third-order valence-corrected chi connectivity index (χ3v) is 11.2. The van der Waals surface area contributed by atoms with Crippen molar-refractivity contribution in [3.63, 3.8) is 0 Å². The first-order chi connectivity index (χ1) is 20.2. The minimum Gasteiger partial charge on any atom is -0.462 e. The minimum absolute atomic E-state index is 0.0202. The van der Waals surface area contributed by atoms with Crippen molar-refractivity contribution in [2.75, 3.05) is 21.3 Å². The van der Waals surface area contributed by atoms with Crippen molar-refractivity contribution in [3.8, 4) is 0 Å². The predicted octanol–water partition coefficient (Wildman–Crippen LogP) is 4.09. The molecule has 0 radical (unpaired) electrons. The Balaban J connectivity index is 1.32. The molecule has 42 heavy (non-hydrogen) atoms. The Kier molecular flexibility index (Phi) is 10.5. The van der Waals surface area contributed by atoms with Crippen LogP contribution in [0.5, 0.6) is 0 Å². The number of hydrogen-bond donors (Lipinski definition) is 1. The lowest BCUT2D eigenvalue weighted by Gasteiger charge is -2.44. The topological polar surface area (TPSA) is 110 Å². The summed E-state index contributed by atoms with van der Waals surface area (Å²) >= 11 is 0. The van der Waals surface area contributed by atoms with E-state index in [-0.39, 0.29) is 72.4 Å². The summed E-state index contributed by atoms with van der Waals surface area (Å²) in [5, 5.41) is 10.9. The number of ketones is 1. The molecule has 15 unspecified atom stereocenters. The Morgan fingerprint density at radius 1 is 0.905 bits per heavy atom. The Hall–Kier alpha value is -1.36. The van der Waals surface area contributed by atoms with Crippen molar-refractivity contribution in [3.05, 3.63) is 12.2 Å². The van der Waals surface area contributed by atoms with Gasteiger partial charge in [-0.15, -0.1) is 0 Å². The van der Waals surface area contributed by atoms with Crippen molar-refractivity contribution in [2.24, 2.45) is 41.4 Å². The first-order valence-electron chi connectivity index (χ1n) is 16.2. The fraction of sp³-hybridized carbons (Fsp3) is 0.879. The van der Waals surface area contributed by atoms with Gasteiger partial charge in [0, 0.05) is 39.6 Å². The van der Waals surface area contributed by atoms with Crippen LogP contribution in [0.15, 0.2) is 12.2 Å². The number of aliphatic hydroxyl groups excluding tert-OH is 1. The summed E-state index contributed by atoms with van der Waals surface area (Å²) in [7, 11) is 4.95. The largest absolute Gasteiger partial charge is 0.462 e. The van der Waals surface area contributed by atoms with Gasteiger partial charge in [-0.2, -0.15) is 0 Å². The molecular weight excluding hydrogens is 540 g/mol. The van der Waals surface area contributed by atoms with E-state index in [1.807, 2.05) is 20.8 Å². The third-order valence-electron chi connectivity index (χ3n) is 11.2. The van der Waals surface area contributed by atoms with Gasteiger partial charge in [-0.25, -0.2) is 0 Å². The average Bonchev–Trinajstić information content (AvgIpc) is 3.55. The molecule has 9 nitrogen and oxygen atoms in total. The molecule has 0 spiro atoms. The molecule has 5 aliphatic rings. The lowest BCUT2D eigenvalue weighted by atomic mass is 9.71. The van der Waals surface area contributed by atoms with Gasteiger partial charge in [0.1, 0.15) is 30.2 Å². The van der Waals surface area contributed by atoms with Crippen LogP contribution in [0.2, 0.25) is 0 Å². The van der Waals surface area contributed by atoms with E-state index in [1.54, 1.807) is 21.3 Å². The number of Topliss-reactive ketones (excluding diaryl/α,β-unsaturated/α-hetero) is 1. The van der Waals surface area contributed by atoms with E-state index >= 15 is 0 Å². The molecule has 238 valence electrons. The molecule has 2 saturated carbocycles. The summed E-state index contributed by atoms with van der Waals surface area (Å²) in [4.78, 5) is 27.0. The maximum atomic E-state index is 13.8. The lowest BCUT2D eigenvalue weighted by molar-refractivity contribution is -0.314. The van der Waals surface area contributed by atoms with E-state index in [2.05, 4.69) is 12.2 Å². The maximum Gasteiger partial charge on any atom is 0.306 e. The molecule has 0 amide bonds. The van der Waals surface area contributed by atoms with Gasteiger partial charge < -0.3 is 33.5 Å². The average molecular weight is 593 g/mol. The number of fused-ring (bicyclic) bond motifs is 5. The molecule has 4 fully saturated rings. The normalized spacial score (nSPS) is 48.0.